The van der Waals surface area contributed by atoms with E-state index < -0.39 is 5.97 Å². The largest absolute Gasteiger partial charge is 0.481 e. The van der Waals surface area contributed by atoms with E-state index in [1.165, 1.54) is 0 Å². The Hall–Kier alpha value is -1.42. The summed E-state index contributed by atoms with van der Waals surface area (Å²) < 4.78 is 0. The summed E-state index contributed by atoms with van der Waals surface area (Å²) in [5.41, 5.74) is 1.07. The van der Waals surface area contributed by atoms with Crippen molar-refractivity contribution in [2.75, 3.05) is 13.1 Å². The Morgan fingerprint density at radius 1 is 1.39 bits per heavy atom. The molecule has 1 aromatic rings. The topological polar surface area (TPSA) is 62.2 Å². The Balaban J connectivity index is 2.24. The van der Waals surface area contributed by atoms with E-state index in [0.29, 0.717) is 0 Å². The molecule has 0 atom stereocenters. The molecule has 1 rings (SSSR count). The van der Waals surface area contributed by atoms with Crippen molar-refractivity contribution in [3.8, 4) is 0 Å². The van der Waals surface area contributed by atoms with Crippen LogP contribution in [0.2, 0.25) is 0 Å². The fourth-order valence-corrected chi connectivity index (χ4v) is 1.78. The first-order valence-corrected chi connectivity index (χ1v) is 6.36. The first-order chi connectivity index (χ1) is 8.52. The molecule has 0 aliphatic heterocycles. The highest BCUT2D eigenvalue weighted by molar-refractivity contribution is 5.66. The molecule has 1 heterocycles. The Bertz CT molecular complexity index is 363. The minimum absolute atomic E-state index is 0.00589. The molecule has 0 radical (unpaired) electrons. The first kappa shape index (κ1) is 14.6. The number of carboxylic acid groups (broad SMARTS) is 1. The second-order valence-corrected chi connectivity index (χ2v) is 5.13. The van der Waals surface area contributed by atoms with Crippen LogP contribution in [0.5, 0.6) is 0 Å². The Morgan fingerprint density at radius 2 is 2.17 bits per heavy atom. The minimum Gasteiger partial charge on any atom is -0.481 e. The highest BCUT2D eigenvalue weighted by atomic mass is 16.4. The molecule has 0 saturated heterocycles. The molecule has 0 bridgehead atoms. The zero-order chi connectivity index (χ0) is 13.4. The third-order valence-corrected chi connectivity index (χ3v) is 2.92. The van der Waals surface area contributed by atoms with Gasteiger partial charge in [-0.15, -0.1) is 0 Å². The van der Waals surface area contributed by atoms with Crippen LogP contribution in [0, 0.1) is 0 Å². The number of hydrogen-bond acceptors (Lipinski definition) is 3. The molecule has 4 nitrogen and oxygen atoms in total. The van der Waals surface area contributed by atoms with Gasteiger partial charge in [0.2, 0.25) is 0 Å². The number of unbranched alkanes of at least 4 members (excludes halogenated alkanes) is 1. The molecule has 0 aliphatic carbocycles. The van der Waals surface area contributed by atoms with Crippen LogP contribution in [0.4, 0.5) is 0 Å². The molecule has 0 amide bonds. The molecule has 1 aromatic heterocycles. The third kappa shape index (κ3) is 5.27. The van der Waals surface area contributed by atoms with Crippen LogP contribution in [0.25, 0.3) is 0 Å². The number of carboxylic acids is 1. The monoisotopic (exact) mass is 250 g/mol. The number of pyridine rings is 1. The summed E-state index contributed by atoms with van der Waals surface area (Å²) >= 11 is 0. The van der Waals surface area contributed by atoms with Crippen molar-refractivity contribution in [2.45, 2.75) is 38.5 Å². The third-order valence-electron chi connectivity index (χ3n) is 2.92. The van der Waals surface area contributed by atoms with Gasteiger partial charge in [-0.25, -0.2) is 0 Å². The van der Waals surface area contributed by atoms with Crippen LogP contribution in [0.1, 0.15) is 38.8 Å². The maximum absolute atomic E-state index is 10.3. The number of hydrogen-bond donors (Lipinski definition) is 2. The Labute approximate surface area is 108 Å². The molecular formula is C14H22N2O2. The van der Waals surface area contributed by atoms with Gasteiger partial charge in [0.05, 0.1) is 0 Å². The van der Waals surface area contributed by atoms with Crippen molar-refractivity contribution >= 4 is 5.97 Å². The molecule has 18 heavy (non-hydrogen) atoms. The summed E-state index contributed by atoms with van der Waals surface area (Å²) in [6.45, 7) is 6.00. The molecule has 0 spiro atoms. The molecule has 4 heteroatoms. The molecule has 0 saturated carbocycles. The second kappa shape index (κ2) is 7.11. The predicted molar refractivity (Wildman–Crippen MR) is 71.6 cm³/mol. The van der Waals surface area contributed by atoms with Crippen molar-refractivity contribution in [3.63, 3.8) is 0 Å². The predicted octanol–water partition coefficient (Wildman–Crippen LogP) is 2.20. The summed E-state index contributed by atoms with van der Waals surface area (Å²) in [6, 6.07) is 5.95. The Morgan fingerprint density at radius 3 is 2.78 bits per heavy atom. The van der Waals surface area contributed by atoms with E-state index in [2.05, 4.69) is 24.1 Å². The standard InChI is InChI=1S/C14H22N2O2/c1-14(2,12-7-3-6-10-16-12)11-15-9-5-4-8-13(17)18/h3,6-7,10,15H,4-5,8-9,11H2,1-2H3,(H,17,18). The van der Waals surface area contributed by atoms with E-state index in [1.54, 1.807) is 0 Å². The molecule has 0 fully saturated rings. The normalized spacial score (nSPS) is 11.4. The summed E-state index contributed by atoms with van der Waals surface area (Å²) in [5.74, 6) is -0.719. The average molecular weight is 250 g/mol. The van der Waals surface area contributed by atoms with Gasteiger partial charge in [-0.2, -0.15) is 0 Å². The van der Waals surface area contributed by atoms with E-state index in [4.69, 9.17) is 5.11 Å². The SMILES string of the molecule is CC(C)(CNCCCCC(=O)O)c1ccccn1. The lowest BCUT2D eigenvalue weighted by molar-refractivity contribution is -0.137. The molecule has 2 N–H and O–H groups in total. The van der Waals surface area contributed by atoms with Crippen molar-refractivity contribution in [3.05, 3.63) is 30.1 Å². The van der Waals surface area contributed by atoms with Gasteiger partial charge in [-0.05, 0) is 31.5 Å². The van der Waals surface area contributed by atoms with Crippen molar-refractivity contribution in [1.29, 1.82) is 0 Å². The highest BCUT2D eigenvalue weighted by Gasteiger charge is 2.20. The zero-order valence-electron chi connectivity index (χ0n) is 11.1. The number of nitrogens with zero attached hydrogens (tertiary/aromatic N) is 1. The summed E-state index contributed by atoms with van der Waals surface area (Å²) in [4.78, 5) is 14.7. The molecular weight excluding hydrogens is 228 g/mol. The van der Waals surface area contributed by atoms with Gasteiger partial charge in [0.1, 0.15) is 0 Å². The summed E-state index contributed by atoms with van der Waals surface area (Å²) in [5, 5.41) is 11.9. The van der Waals surface area contributed by atoms with E-state index in [1.807, 2.05) is 24.4 Å². The lowest BCUT2D eigenvalue weighted by Crippen LogP contribution is -2.34. The van der Waals surface area contributed by atoms with Gasteiger partial charge in [0.15, 0.2) is 0 Å². The van der Waals surface area contributed by atoms with E-state index in [9.17, 15) is 4.79 Å². The van der Waals surface area contributed by atoms with E-state index in [0.717, 1.165) is 31.6 Å². The lowest BCUT2D eigenvalue weighted by Gasteiger charge is -2.24. The molecule has 0 unspecified atom stereocenters. The van der Waals surface area contributed by atoms with E-state index >= 15 is 0 Å². The van der Waals surface area contributed by atoms with Crippen LogP contribution in [0.3, 0.4) is 0 Å². The zero-order valence-corrected chi connectivity index (χ0v) is 11.1. The fraction of sp³-hybridized carbons (Fsp3) is 0.571. The highest BCUT2D eigenvalue weighted by Crippen LogP contribution is 2.19. The molecule has 0 aliphatic rings. The number of aromatic nitrogens is 1. The van der Waals surface area contributed by atoms with Crippen LogP contribution in [-0.4, -0.2) is 29.1 Å². The first-order valence-electron chi connectivity index (χ1n) is 6.36. The van der Waals surface area contributed by atoms with E-state index in [-0.39, 0.29) is 11.8 Å². The molecule has 0 aromatic carbocycles. The summed E-state index contributed by atoms with van der Waals surface area (Å²) in [6.07, 6.45) is 3.69. The van der Waals surface area contributed by atoms with Gasteiger partial charge in [-0.3, -0.25) is 9.78 Å². The fourth-order valence-electron chi connectivity index (χ4n) is 1.78. The quantitative estimate of drug-likeness (QED) is 0.694. The number of nitrogens with one attached hydrogen (secondary N) is 1. The summed E-state index contributed by atoms with van der Waals surface area (Å²) in [7, 11) is 0. The van der Waals surface area contributed by atoms with Crippen molar-refractivity contribution in [1.82, 2.24) is 10.3 Å². The maximum Gasteiger partial charge on any atom is 0.303 e. The van der Waals surface area contributed by atoms with Crippen molar-refractivity contribution < 1.29 is 9.90 Å². The van der Waals surface area contributed by atoms with Gasteiger partial charge >= 0.3 is 5.97 Å². The van der Waals surface area contributed by atoms with Crippen LogP contribution >= 0.6 is 0 Å². The number of carbonyl (C=O) groups is 1. The van der Waals surface area contributed by atoms with Crippen LogP contribution in [-0.2, 0) is 10.2 Å². The minimum atomic E-state index is -0.719. The van der Waals surface area contributed by atoms with Gasteiger partial charge < -0.3 is 10.4 Å². The van der Waals surface area contributed by atoms with Gasteiger partial charge in [-0.1, -0.05) is 19.9 Å². The number of aliphatic carboxylic acids is 1. The lowest BCUT2D eigenvalue weighted by atomic mass is 9.88. The van der Waals surface area contributed by atoms with Gasteiger partial charge in [0.25, 0.3) is 0 Å². The van der Waals surface area contributed by atoms with Crippen LogP contribution < -0.4 is 5.32 Å². The van der Waals surface area contributed by atoms with Crippen LogP contribution in [0.15, 0.2) is 24.4 Å². The average Bonchev–Trinajstić information content (AvgIpc) is 2.34. The smallest absolute Gasteiger partial charge is 0.303 e. The van der Waals surface area contributed by atoms with Gasteiger partial charge in [0, 0.05) is 30.3 Å². The maximum atomic E-state index is 10.3. The van der Waals surface area contributed by atoms with Crippen molar-refractivity contribution in [2.24, 2.45) is 0 Å². The number of rotatable bonds is 8. The molecule has 100 valence electrons. The second-order valence-electron chi connectivity index (χ2n) is 5.13. The Kier molecular flexibility index (Phi) is 5.78.